The third kappa shape index (κ3) is 5.57. The van der Waals surface area contributed by atoms with Gasteiger partial charge in [-0.3, -0.25) is 0 Å². The van der Waals surface area contributed by atoms with Crippen LogP contribution in [0.3, 0.4) is 0 Å². The fourth-order valence-electron chi connectivity index (χ4n) is 2.19. The van der Waals surface area contributed by atoms with Crippen LogP contribution in [0.15, 0.2) is 48.5 Å². The topological polar surface area (TPSA) is 33.3 Å². The van der Waals surface area contributed by atoms with E-state index in [4.69, 9.17) is 17.0 Å². The van der Waals surface area contributed by atoms with Gasteiger partial charge in [-0.15, -0.1) is 0 Å². The first-order valence-corrected chi connectivity index (χ1v) is 8.25. The van der Waals surface area contributed by atoms with Crippen molar-refractivity contribution in [1.82, 2.24) is 5.32 Å². The van der Waals surface area contributed by atoms with E-state index in [2.05, 4.69) is 48.7 Å². The van der Waals surface area contributed by atoms with Crippen LogP contribution in [0.2, 0.25) is 0 Å². The molecule has 0 fully saturated rings. The Bertz CT molecular complexity index is 635. The van der Waals surface area contributed by atoms with Gasteiger partial charge in [0.25, 0.3) is 0 Å². The molecular formula is C19H24N2OS. The van der Waals surface area contributed by atoms with E-state index in [9.17, 15) is 0 Å². The molecule has 2 rings (SSSR count). The van der Waals surface area contributed by atoms with Crippen molar-refractivity contribution < 1.29 is 4.74 Å². The van der Waals surface area contributed by atoms with Crippen molar-refractivity contribution >= 4 is 23.0 Å². The van der Waals surface area contributed by atoms with Gasteiger partial charge in [0, 0.05) is 5.69 Å². The minimum absolute atomic E-state index is 0.152. The highest BCUT2D eigenvalue weighted by Gasteiger charge is 2.07. The van der Waals surface area contributed by atoms with Gasteiger partial charge in [-0.25, -0.2) is 0 Å². The maximum atomic E-state index is 5.63. The van der Waals surface area contributed by atoms with Crippen LogP contribution in [-0.2, 0) is 0 Å². The van der Waals surface area contributed by atoms with Gasteiger partial charge >= 0.3 is 0 Å². The number of thiocarbonyl (C=S) groups is 1. The van der Waals surface area contributed by atoms with Crippen molar-refractivity contribution in [3.05, 3.63) is 59.7 Å². The molecule has 2 N–H and O–H groups in total. The number of hydrogen-bond donors (Lipinski definition) is 2. The molecule has 3 nitrogen and oxygen atoms in total. The lowest BCUT2D eigenvalue weighted by atomic mass is 10.1. The zero-order valence-corrected chi connectivity index (χ0v) is 14.9. The molecule has 122 valence electrons. The first-order valence-electron chi connectivity index (χ1n) is 7.85. The molecule has 0 aliphatic heterocycles. The van der Waals surface area contributed by atoms with E-state index >= 15 is 0 Å². The molecular weight excluding hydrogens is 304 g/mol. The minimum atomic E-state index is 0.152. The molecule has 0 bridgehead atoms. The molecule has 0 heterocycles. The lowest BCUT2D eigenvalue weighted by molar-refractivity contribution is 0.242. The van der Waals surface area contributed by atoms with Crippen molar-refractivity contribution in [1.29, 1.82) is 0 Å². The van der Waals surface area contributed by atoms with E-state index in [0.29, 0.717) is 5.11 Å². The third-order valence-electron chi connectivity index (χ3n) is 3.41. The number of aryl methyl sites for hydroxylation is 1. The Morgan fingerprint density at radius 1 is 0.957 bits per heavy atom. The zero-order chi connectivity index (χ0) is 16.8. The van der Waals surface area contributed by atoms with E-state index in [0.717, 1.165) is 11.4 Å². The highest BCUT2D eigenvalue weighted by atomic mass is 32.1. The normalized spacial score (nSPS) is 11.9. The molecule has 0 saturated heterocycles. The van der Waals surface area contributed by atoms with E-state index in [1.807, 2.05) is 38.1 Å². The molecule has 1 unspecified atom stereocenters. The molecule has 23 heavy (non-hydrogen) atoms. The van der Waals surface area contributed by atoms with Crippen LogP contribution in [0.4, 0.5) is 5.69 Å². The quantitative estimate of drug-likeness (QED) is 0.770. The molecule has 2 aromatic rings. The van der Waals surface area contributed by atoms with Crippen LogP contribution < -0.4 is 15.4 Å². The third-order valence-corrected chi connectivity index (χ3v) is 3.63. The summed E-state index contributed by atoms with van der Waals surface area (Å²) in [5.74, 6) is 0.859. The molecule has 0 radical (unpaired) electrons. The minimum Gasteiger partial charge on any atom is -0.491 e. The molecule has 0 aliphatic carbocycles. The Morgan fingerprint density at radius 3 is 2.13 bits per heavy atom. The first kappa shape index (κ1) is 17.3. The standard InChI is InChI=1S/C19H24N2OS/c1-13(2)22-18-11-9-17(10-12-18)21-19(23)20-15(4)16-7-5-14(3)6-8-16/h5-13,15H,1-4H3,(H2,20,21,23). The van der Waals surface area contributed by atoms with E-state index in [1.54, 1.807) is 0 Å². The van der Waals surface area contributed by atoms with Crippen LogP contribution in [0, 0.1) is 6.92 Å². The summed E-state index contributed by atoms with van der Waals surface area (Å²) in [6, 6.07) is 16.4. The Labute approximate surface area is 144 Å². The van der Waals surface area contributed by atoms with Crippen molar-refractivity contribution in [2.24, 2.45) is 0 Å². The number of anilines is 1. The fraction of sp³-hybridized carbons (Fsp3) is 0.316. The number of benzene rings is 2. The number of hydrogen-bond acceptors (Lipinski definition) is 2. The molecule has 0 saturated carbocycles. The highest BCUT2D eigenvalue weighted by Crippen LogP contribution is 2.18. The van der Waals surface area contributed by atoms with Crippen molar-refractivity contribution in [3.63, 3.8) is 0 Å². The largest absolute Gasteiger partial charge is 0.491 e. The summed E-state index contributed by atoms with van der Waals surface area (Å²) in [6.45, 7) is 8.20. The molecule has 0 spiro atoms. The smallest absolute Gasteiger partial charge is 0.171 e. The second kappa shape index (κ2) is 7.97. The second-order valence-electron chi connectivity index (χ2n) is 5.92. The molecule has 4 heteroatoms. The summed E-state index contributed by atoms with van der Waals surface area (Å²) in [7, 11) is 0. The van der Waals surface area contributed by atoms with Crippen LogP contribution in [0.5, 0.6) is 5.75 Å². The van der Waals surface area contributed by atoms with Crippen LogP contribution in [-0.4, -0.2) is 11.2 Å². The van der Waals surface area contributed by atoms with Crippen molar-refractivity contribution in [2.75, 3.05) is 5.32 Å². The summed E-state index contributed by atoms with van der Waals surface area (Å²) in [5, 5.41) is 7.11. The maximum Gasteiger partial charge on any atom is 0.171 e. The molecule has 2 aromatic carbocycles. The summed E-state index contributed by atoms with van der Waals surface area (Å²) in [6.07, 6.45) is 0.173. The van der Waals surface area contributed by atoms with Gasteiger partial charge in [-0.2, -0.15) is 0 Å². The average molecular weight is 328 g/mol. The second-order valence-corrected chi connectivity index (χ2v) is 6.33. The number of nitrogens with one attached hydrogen (secondary N) is 2. The van der Waals surface area contributed by atoms with Crippen LogP contribution in [0.25, 0.3) is 0 Å². The van der Waals surface area contributed by atoms with Gasteiger partial charge in [0.05, 0.1) is 12.1 Å². The van der Waals surface area contributed by atoms with Gasteiger partial charge in [0.1, 0.15) is 5.75 Å². The Morgan fingerprint density at radius 2 is 1.57 bits per heavy atom. The van der Waals surface area contributed by atoms with Gasteiger partial charge in [0.2, 0.25) is 0 Å². The summed E-state index contributed by atoms with van der Waals surface area (Å²) in [5.41, 5.74) is 3.40. The first-order chi connectivity index (χ1) is 10.9. The SMILES string of the molecule is Cc1ccc(C(C)NC(=S)Nc2ccc(OC(C)C)cc2)cc1. The van der Waals surface area contributed by atoms with Gasteiger partial charge in [-0.05, 0) is 69.7 Å². The van der Waals surface area contributed by atoms with Crippen LogP contribution >= 0.6 is 12.2 Å². The monoisotopic (exact) mass is 328 g/mol. The van der Waals surface area contributed by atoms with E-state index in [1.165, 1.54) is 11.1 Å². The molecule has 0 aromatic heterocycles. The van der Waals surface area contributed by atoms with Crippen molar-refractivity contribution in [3.8, 4) is 5.75 Å². The Balaban J connectivity index is 1.90. The average Bonchev–Trinajstić information content (AvgIpc) is 2.49. The van der Waals surface area contributed by atoms with E-state index in [-0.39, 0.29) is 12.1 Å². The Hall–Kier alpha value is -2.07. The van der Waals surface area contributed by atoms with E-state index < -0.39 is 0 Å². The highest BCUT2D eigenvalue weighted by molar-refractivity contribution is 7.80. The predicted molar refractivity (Wildman–Crippen MR) is 101 cm³/mol. The molecule has 1 atom stereocenters. The lowest BCUT2D eigenvalue weighted by Gasteiger charge is -2.18. The van der Waals surface area contributed by atoms with Gasteiger partial charge < -0.3 is 15.4 Å². The summed E-state index contributed by atoms with van der Waals surface area (Å²) in [4.78, 5) is 0. The molecule has 0 amide bonds. The Kier molecular flexibility index (Phi) is 5.99. The van der Waals surface area contributed by atoms with Gasteiger partial charge in [-0.1, -0.05) is 29.8 Å². The fourth-order valence-corrected chi connectivity index (χ4v) is 2.49. The molecule has 0 aliphatic rings. The van der Waals surface area contributed by atoms with Gasteiger partial charge in [0.15, 0.2) is 5.11 Å². The zero-order valence-electron chi connectivity index (χ0n) is 14.1. The lowest BCUT2D eigenvalue weighted by Crippen LogP contribution is -2.30. The number of ether oxygens (including phenoxy) is 1. The van der Waals surface area contributed by atoms with Crippen LogP contribution in [0.1, 0.15) is 37.9 Å². The summed E-state index contributed by atoms with van der Waals surface area (Å²) >= 11 is 5.39. The predicted octanol–water partition coefficient (Wildman–Crippen LogP) is 4.83. The van der Waals surface area contributed by atoms with Crippen molar-refractivity contribution in [2.45, 2.75) is 39.8 Å². The number of rotatable bonds is 5. The maximum absolute atomic E-state index is 5.63. The summed E-state index contributed by atoms with van der Waals surface area (Å²) < 4.78 is 5.63.